The molecule has 0 heterocycles. The molecule has 3 atom stereocenters. The summed E-state index contributed by atoms with van der Waals surface area (Å²) in [5.41, 5.74) is -1.78. The minimum absolute atomic E-state index is 0.265. The SMILES string of the molecule is C[C@@H](O)C(O)(C[C@@H](O)CO)[C@@H](C)O. The summed E-state index contributed by atoms with van der Waals surface area (Å²) in [6, 6.07) is 0. The van der Waals surface area contributed by atoms with Crippen molar-refractivity contribution in [1.29, 1.82) is 0 Å². The van der Waals surface area contributed by atoms with Gasteiger partial charge in [-0.25, -0.2) is 0 Å². The van der Waals surface area contributed by atoms with Crippen molar-refractivity contribution in [3.63, 3.8) is 0 Å². The molecule has 0 aliphatic rings. The van der Waals surface area contributed by atoms with Crippen molar-refractivity contribution in [2.24, 2.45) is 0 Å². The molecule has 0 spiro atoms. The molecule has 0 aliphatic heterocycles. The van der Waals surface area contributed by atoms with Crippen LogP contribution in [0.3, 0.4) is 0 Å². The first kappa shape index (κ1) is 12.8. The quantitative estimate of drug-likeness (QED) is 0.356. The highest BCUT2D eigenvalue weighted by Gasteiger charge is 2.39. The van der Waals surface area contributed by atoms with E-state index < -0.39 is 30.5 Å². The molecule has 80 valence electrons. The predicted octanol–water partition coefficient (Wildman–Crippen LogP) is -1.78. The maximum atomic E-state index is 9.70. The summed E-state index contributed by atoms with van der Waals surface area (Å²) in [4.78, 5) is 0. The van der Waals surface area contributed by atoms with Crippen LogP contribution < -0.4 is 0 Å². The van der Waals surface area contributed by atoms with Crippen LogP contribution in [-0.2, 0) is 0 Å². The minimum atomic E-state index is -1.78. The van der Waals surface area contributed by atoms with Crippen molar-refractivity contribution in [1.82, 2.24) is 0 Å². The van der Waals surface area contributed by atoms with Gasteiger partial charge in [-0.3, -0.25) is 0 Å². The molecule has 5 N–H and O–H groups in total. The molecule has 5 heteroatoms. The number of rotatable bonds is 5. The smallest absolute Gasteiger partial charge is 0.118 e. The Morgan fingerprint density at radius 3 is 1.69 bits per heavy atom. The van der Waals surface area contributed by atoms with Crippen LogP contribution in [0.2, 0.25) is 0 Å². The lowest BCUT2D eigenvalue weighted by atomic mass is 9.86. The molecular weight excluding hydrogens is 176 g/mol. The highest BCUT2D eigenvalue weighted by molar-refractivity contribution is 4.90. The summed E-state index contributed by atoms with van der Waals surface area (Å²) in [5.74, 6) is 0. The first-order chi connectivity index (χ1) is 5.84. The van der Waals surface area contributed by atoms with Crippen LogP contribution in [0, 0.1) is 0 Å². The van der Waals surface area contributed by atoms with E-state index >= 15 is 0 Å². The Bertz CT molecular complexity index is 137. The molecule has 0 saturated heterocycles. The first-order valence-electron chi connectivity index (χ1n) is 4.22. The third-order valence-corrected chi connectivity index (χ3v) is 2.22. The second-order valence-electron chi connectivity index (χ2n) is 3.38. The van der Waals surface area contributed by atoms with Crippen molar-refractivity contribution in [2.45, 2.75) is 44.2 Å². The molecule has 0 saturated carbocycles. The van der Waals surface area contributed by atoms with Crippen molar-refractivity contribution >= 4 is 0 Å². The summed E-state index contributed by atoms with van der Waals surface area (Å²) in [6.45, 7) is 2.12. The second-order valence-corrected chi connectivity index (χ2v) is 3.38. The summed E-state index contributed by atoms with van der Waals surface area (Å²) in [6.07, 6.45) is -3.75. The predicted molar refractivity (Wildman–Crippen MR) is 46.0 cm³/mol. The van der Waals surface area contributed by atoms with Crippen molar-refractivity contribution in [3.8, 4) is 0 Å². The molecule has 13 heavy (non-hydrogen) atoms. The lowest BCUT2D eigenvalue weighted by Gasteiger charge is -2.35. The van der Waals surface area contributed by atoms with E-state index in [9.17, 15) is 15.3 Å². The second kappa shape index (κ2) is 4.88. The lowest BCUT2D eigenvalue weighted by molar-refractivity contribution is -0.155. The third-order valence-electron chi connectivity index (χ3n) is 2.22. The Balaban J connectivity index is 4.42. The zero-order valence-corrected chi connectivity index (χ0v) is 7.88. The average molecular weight is 194 g/mol. The summed E-state index contributed by atoms with van der Waals surface area (Å²) < 4.78 is 0. The Kier molecular flexibility index (Phi) is 4.80. The summed E-state index contributed by atoms with van der Waals surface area (Å²) in [7, 11) is 0. The van der Waals surface area contributed by atoms with Crippen LogP contribution in [0.25, 0.3) is 0 Å². The number of aliphatic hydroxyl groups excluding tert-OH is 4. The van der Waals surface area contributed by atoms with E-state index in [0.29, 0.717) is 0 Å². The monoisotopic (exact) mass is 194 g/mol. The normalized spacial score (nSPS) is 19.6. The van der Waals surface area contributed by atoms with E-state index in [2.05, 4.69) is 0 Å². The van der Waals surface area contributed by atoms with Gasteiger partial charge in [0, 0.05) is 6.42 Å². The molecule has 5 nitrogen and oxygen atoms in total. The van der Waals surface area contributed by atoms with E-state index in [4.69, 9.17) is 10.2 Å². The van der Waals surface area contributed by atoms with E-state index in [1.807, 2.05) is 0 Å². The highest BCUT2D eigenvalue weighted by atomic mass is 16.4. The molecule has 0 aromatic rings. The Morgan fingerprint density at radius 1 is 1.08 bits per heavy atom. The zero-order valence-electron chi connectivity index (χ0n) is 7.88. The highest BCUT2D eigenvalue weighted by Crippen LogP contribution is 2.22. The standard InChI is InChI=1S/C8H18O5/c1-5(10)8(13,6(2)11)3-7(12)4-9/h5-7,9-13H,3-4H2,1-2H3/t5-,6-,7-/m1/s1. The van der Waals surface area contributed by atoms with Gasteiger partial charge in [-0.15, -0.1) is 0 Å². The molecule has 0 rings (SSSR count). The van der Waals surface area contributed by atoms with Gasteiger partial charge in [0.2, 0.25) is 0 Å². The van der Waals surface area contributed by atoms with Gasteiger partial charge < -0.3 is 25.5 Å². The maximum absolute atomic E-state index is 9.70. The molecular formula is C8H18O5. The molecule has 0 aromatic carbocycles. The van der Waals surface area contributed by atoms with Gasteiger partial charge in [0.05, 0.1) is 24.9 Å². The van der Waals surface area contributed by atoms with E-state index in [1.54, 1.807) is 0 Å². The molecule has 0 unspecified atom stereocenters. The van der Waals surface area contributed by atoms with Gasteiger partial charge in [-0.1, -0.05) is 0 Å². The molecule has 0 aliphatic carbocycles. The molecule has 0 bridgehead atoms. The van der Waals surface area contributed by atoms with Crippen LogP contribution >= 0.6 is 0 Å². The summed E-state index contributed by atoms with van der Waals surface area (Å²) >= 11 is 0. The van der Waals surface area contributed by atoms with Crippen LogP contribution in [0.4, 0.5) is 0 Å². The molecule has 0 radical (unpaired) electrons. The zero-order chi connectivity index (χ0) is 10.6. The van der Waals surface area contributed by atoms with Crippen LogP contribution in [0.15, 0.2) is 0 Å². The first-order valence-corrected chi connectivity index (χ1v) is 4.22. The average Bonchev–Trinajstić information content (AvgIpc) is 2.03. The number of hydrogen-bond acceptors (Lipinski definition) is 5. The molecule has 0 aromatic heterocycles. The van der Waals surface area contributed by atoms with Crippen LogP contribution in [-0.4, -0.2) is 56.1 Å². The van der Waals surface area contributed by atoms with Gasteiger partial charge in [0.1, 0.15) is 5.60 Å². The van der Waals surface area contributed by atoms with Crippen LogP contribution in [0.1, 0.15) is 20.3 Å². The largest absolute Gasteiger partial charge is 0.394 e. The van der Waals surface area contributed by atoms with Crippen molar-refractivity contribution in [3.05, 3.63) is 0 Å². The van der Waals surface area contributed by atoms with Gasteiger partial charge in [0.25, 0.3) is 0 Å². The Labute approximate surface area is 77.3 Å². The van der Waals surface area contributed by atoms with Gasteiger partial charge >= 0.3 is 0 Å². The van der Waals surface area contributed by atoms with E-state index in [0.717, 1.165) is 0 Å². The maximum Gasteiger partial charge on any atom is 0.118 e. The summed E-state index contributed by atoms with van der Waals surface area (Å²) in [5, 5.41) is 45.7. The van der Waals surface area contributed by atoms with E-state index in [1.165, 1.54) is 13.8 Å². The Morgan fingerprint density at radius 2 is 1.46 bits per heavy atom. The third kappa shape index (κ3) is 3.21. The van der Waals surface area contributed by atoms with Crippen molar-refractivity contribution in [2.75, 3.05) is 6.61 Å². The van der Waals surface area contributed by atoms with Gasteiger partial charge in [-0.2, -0.15) is 0 Å². The van der Waals surface area contributed by atoms with Crippen LogP contribution in [0.5, 0.6) is 0 Å². The fraction of sp³-hybridized carbons (Fsp3) is 1.00. The fourth-order valence-corrected chi connectivity index (χ4v) is 1.13. The molecule has 0 fully saturated rings. The topological polar surface area (TPSA) is 101 Å². The number of aliphatic hydroxyl groups is 5. The van der Waals surface area contributed by atoms with Gasteiger partial charge in [0.15, 0.2) is 0 Å². The number of hydrogen-bond donors (Lipinski definition) is 5. The Hall–Kier alpha value is -0.200. The fourth-order valence-electron chi connectivity index (χ4n) is 1.13. The van der Waals surface area contributed by atoms with Crippen molar-refractivity contribution < 1.29 is 25.5 Å². The van der Waals surface area contributed by atoms with E-state index in [-0.39, 0.29) is 6.42 Å². The molecule has 0 amide bonds. The van der Waals surface area contributed by atoms with Gasteiger partial charge in [-0.05, 0) is 13.8 Å². The minimum Gasteiger partial charge on any atom is -0.394 e. The lowest BCUT2D eigenvalue weighted by Crippen LogP contribution is -2.52.